The van der Waals surface area contributed by atoms with Gasteiger partial charge < -0.3 is 19.4 Å². The van der Waals surface area contributed by atoms with Crippen LogP contribution in [0.4, 0.5) is 5.82 Å². The molecule has 6 nitrogen and oxygen atoms in total. The Balaban J connectivity index is 2.21. The fourth-order valence-corrected chi connectivity index (χ4v) is 2.44. The van der Waals surface area contributed by atoms with Gasteiger partial charge in [0.1, 0.15) is 5.75 Å². The number of benzene rings is 1. The molecule has 0 spiro atoms. The monoisotopic (exact) mass is 279 g/mol. The van der Waals surface area contributed by atoms with E-state index < -0.39 is 4.92 Å². The lowest BCUT2D eigenvalue weighted by Crippen LogP contribution is -1.93. The lowest BCUT2D eigenvalue weighted by atomic mass is 10.3. The van der Waals surface area contributed by atoms with Crippen molar-refractivity contribution < 1.29 is 9.66 Å². The number of hydrogen-bond donors (Lipinski definition) is 0. The van der Waals surface area contributed by atoms with Gasteiger partial charge in [0.2, 0.25) is 6.33 Å². The molecular formula is C12H13N3O3S. The van der Waals surface area contributed by atoms with Crippen molar-refractivity contribution in [2.45, 2.75) is 16.8 Å². The third kappa shape index (κ3) is 3.05. The average Bonchev–Trinajstić information content (AvgIpc) is 2.74. The van der Waals surface area contributed by atoms with Gasteiger partial charge in [-0.05, 0) is 41.1 Å². The van der Waals surface area contributed by atoms with Crippen LogP contribution in [0.3, 0.4) is 0 Å². The lowest BCUT2D eigenvalue weighted by molar-refractivity contribution is -0.392. The number of hydrogen-bond acceptors (Lipinski definition) is 5. The van der Waals surface area contributed by atoms with Crippen molar-refractivity contribution in [2.75, 3.05) is 6.61 Å². The van der Waals surface area contributed by atoms with Gasteiger partial charge in [-0.25, -0.2) is 0 Å². The minimum absolute atomic E-state index is 0.124. The fraction of sp³-hybridized carbons (Fsp3) is 0.250. The number of ether oxygens (including phenoxy) is 1. The maximum Gasteiger partial charge on any atom is 0.396 e. The summed E-state index contributed by atoms with van der Waals surface area (Å²) in [5.41, 5.74) is 0. The van der Waals surface area contributed by atoms with Crippen molar-refractivity contribution in [3.63, 3.8) is 0 Å². The number of nitrogens with zero attached hydrogens (tertiary/aromatic N) is 3. The molecule has 7 heteroatoms. The number of rotatable bonds is 5. The minimum atomic E-state index is -0.475. The van der Waals surface area contributed by atoms with Crippen LogP contribution in [-0.4, -0.2) is 21.1 Å². The van der Waals surface area contributed by atoms with Crippen LogP contribution in [0.2, 0.25) is 0 Å². The molecule has 0 amide bonds. The second-order valence-electron chi connectivity index (χ2n) is 3.75. The van der Waals surface area contributed by atoms with E-state index in [4.69, 9.17) is 4.74 Å². The summed E-state index contributed by atoms with van der Waals surface area (Å²) in [6.45, 7) is 2.53. The first-order chi connectivity index (χ1) is 9.11. The largest absolute Gasteiger partial charge is 0.494 e. The molecule has 1 aromatic heterocycles. The van der Waals surface area contributed by atoms with Gasteiger partial charge >= 0.3 is 5.82 Å². The third-order valence-electron chi connectivity index (χ3n) is 2.39. The first kappa shape index (κ1) is 13.4. The Kier molecular flexibility index (Phi) is 4.06. The molecule has 0 atom stereocenters. The Bertz CT molecular complexity index is 580. The normalized spacial score (nSPS) is 10.4. The molecule has 0 aliphatic rings. The SMILES string of the molecule is CCOc1ccc(Sc2c([N+](=O)[O-])ncn2C)cc1. The highest BCUT2D eigenvalue weighted by Crippen LogP contribution is 2.34. The Hall–Kier alpha value is -2.02. The molecule has 0 bridgehead atoms. The molecule has 0 unspecified atom stereocenters. The summed E-state index contributed by atoms with van der Waals surface area (Å²) in [7, 11) is 1.73. The zero-order valence-electron chi connectivity index (χ0n) is 10.6. The van der Waals surface area contributed by atoms with Gasteiger partial charge in [0, 0.05) is 11.9 Å². The summed E-state index contributed by atoms with van der Waals surface area (Å²) in [4.78, 5) is 15.1. The van der Waals surface area contributed by atoms with Crippen molar-refractivity contribution in [3.8, 4) is 5.75 Å². The van der Waals surface area contributed by atoms with E-state index in [2.05, 4.69) is 4.98 Å². The number of imidazole rings is 1. The molecule has 1 aromatic carbocycles. The maximum absolute atomic E-state index is 10.9. The number of aryl methyl sites for hydroxylation is 1. The summed E-state index contributed by atoms with van der Waals surface area (Å²) in [5, 5.41) is 11.4. The predicted molar refractivity (Wildman–Crippen MR) is 71.6 cm³/mol. The van der Waals surface area contributed by atoms with Crippen LogP contribution in [0.25, 0.3) is 0 Å². The van der Waals surface area contributed by atoms with Crippen molar-refractivity contribution >= 4 is 17.6 Å². The van der Waals surface area contributed by atoms with Crippen LogP contribution in [0.15, 0.2) is 40.5 Å². The molecule has 0 N–H and O–H groups in total. The Labute approximate surface area is 114 Å². The highest BCUT2D eigenvalue weighted by atomic mass is 32.2. The minimum Gasteiger partial charge on any atom is -0.494 e. The smallest absolute Gasteiger partial charge is 0.396 e. The molecule has 0 saturated carbocycles. The lowest BCUT2D eigenvalue weighted by Gasteiger charge is -2.05. The van der Waals surface area contributed by atoms with Gasteiger partial charge in [-0.1, -0.05) is 11.8 Å². The molecule has 100 valence electrons. The molecule has 0 fully saturated rings. The van der Waals surface area contributed by atoms with Gasteiger partial charge in [-0.15, -0.1) is 0 Å². The summed E-state index contributed by atoms with van der Waals surface area (Å²) < 4.78 is 6.98. The van der Waals surface area contributed by atoms with E-state index in [9.17, 15) is 10.1 Å². The van der Waals surface area contributed by atoms with Crippen molar-refractivity contribution in [1.29, 1.82) is 0 Å². The molecule has 2 aromatic rings. The molecule has 0 aliphatic carbocycles. The van der Waals surface area contributed by atoms with E-state index in [0.717, 1.165) is 10.6 Å². The van der Waals surface area contributed by atoms with E-state index in [0.29, 0.717) is 11.6 Å². The second kappa shape index (κ2) is 5.75. The highest BCUT2D eigenvalue weighted by Gasteiger charge is 2.20. The number of aromatic nitrogens is 2. The van der Waals surface area contributed by atoms with Crippen molar-refractivity contribution in [3.05, 3.63) is 40.7 Å². The summed E-state index contributed by atoms with van der Waals surface area (Å²) in [6, 6.07) is 7.42. The average molecular weight is 279 g/mol. The molecule has 2 rings (SSSR count). The van der Waals surface area contributed by atoms with E-state index in [-0.39, 0.29) is 5.82 Å². The van der Waals surface area contributed by atoms with Crippen LogP contribution >= 0.6 is 11.8 Å². The van der Waals surface area contributed by atoms with Crippen LogP contribution in [0, 0.1) is 10.1 Å². The predicted octanol–water partition coefficient (Wildman–Crippen LogP) is 2.88. The first-order valence-electron chi connectivity index (χ1n) is 5.68. The van der Waals surface area contributed by atoms with Crippen LogP contribution in [0.5, 0.6) is 5.75 Å². The zero-order valence-corrected chi connectivity index (χ0v) is 11.4. The van der Waals surface area contributed by atoms with E-state index >= 15 is 0 Å². The fourth-order valence-electron chi connectivity index (χ4n) is 1.53. The van der Waals surface area contributed by atoms with E-state index in [1.54, 1.807) is 11.6 Å². The summed E-state index contributed by atoms with van der Waals surface area (Å²) in [5.74, 6) is 0.660. The first-order valence-corrected chi connectivity index (χ1v) is 6.50. The van der Waals surface area contributed by atoms with Crippen LogP contribution in [0.1, 0.15) is 6.92 Å². The van der Waals surface area contributed by atoms with Crippen molar-refractivity contribution in [2.24, 2.45) is 7.05 Å². The van der Waals surface area contributed by atoms with E-state index in [1.807, 2.05) is 31.2 Å². The maximum atomic E-state index is 10.9. The van der Waals surface area contributed by atoms with Gasteiger partial charge in [-0.3, -0.25) is 0 Å². The summed E-state index contributed by atoms with van der Waals surface area (Å²) >= 11 is 1.31. The molecule has 0 radical (unpaired) electrons. The topological polar surface area (TPSA) is 70.2 Å². The Morgan fingerprint density at radius 2 is 2.11 bits per heavy atom. The third-order valence-corrected chi connectivity index (χ3v) is 3.56. The van der Waals surface area contributed by atoms with Gasteiger partial charge in [0.25, 0.3) is 0 Å². The standard InChI is InChI=1S/C12H13N3O3S/c1-3-18-9-4-6-10(7-5-9)19-12-11(15(16)17)13-8-14(12)2/h4-8H,3H2,1-2H3. The van der Waals surface area contributed by atoms with Crippen LogP contribution in [-0.2, 0) is 7.05 Å². The van der Waals surface area contributed by atoms with Gasteiger partial charge in [-0.2, -0.15) is 0 Å². The molecule has 1 heterocycles. The molecule has 19 heavy (non-hydrogen) atoms. The zero-order chi connectivity index (χ0) is 13.8. The Morgan fingerprint density at radius 1 is 1.42 bits per heavy atom. The summed E-state index contributed by atoms with van der Waals surface area (Å²) in [6.07, 6.45) is 1.44. The van der Waals surface area contributed by atoms with Gasteiger partial charge in [0.15, 0.2) is 5.03 Å². The molecule has 0 aliphatic heterocycles. The molecule has 0 saturated heterocycles. The molecular weight excluding hydrogens is 266 g/mol. The second-order valence-corrected chi connectivity index (χ2v) is 4.81. The van der Waals surface area contributed by atoms with E-state index in [1.165, 1.54) is 18.1 Å². The quantitative estimate of drug-likeness (QED) is 0.621. The Morgan fingerprint density at radius 3 is 2.68 bits per heavy atom. The van der Waals surface area contributed by atoms with Crippen LogP contribution < -0.4 is 4.74 Å². The number of nitro groups is 1. The highest BCUT2D eigenvalue weighted by molar-refractivity contribution is 7.99. The van der Waals surface area contributed by atoms with Crippen molar-refractivity contribution in [1.82, 2.24) is 9.55 Å². The van der Waals surface area contributed by atoms with Gasteiger partial charge in [0.05, 0.1) is 6.61 Å².